The molecular weight excluding hydrogens is 418 g/mol. The standard InChI is InChI=1S/C21H31N5O4S/c1-20(2)13-25(31(4,29)30)11-9-15(20)23-19-22-12-14-7-8-17(27)26(18(14)24-19)16-6-5-10-21(16,3)28/h7-8,12,15-16,28H,5-6,9-11,13H2,1-4H3,(H,22,23,24)/t15?,16-,21-/m1/s1. The molecule has 2 N–H and O–H groups in total. The number of nitrogens with one attached hydrogen (secondary N) is 1. The van der Waals surface area contributed by atoms with Gasteiger partial charge in [0.05, 0.1) is 17.9 Å². The second-order valence-electron chi connectivity index (χ2n) is 9.85. The summed E-state index contributed by atoms with van der Waals surface area (Å²) in [4.78, 5) is 21.9. The number of aliphatic hydroxyl groups is 1. The molecule has 1 aliphatic carbocycles. The molecule has 1 aliphatic heterocycles. The first-order valence-electron chi connectivity index (χ1n) is 10.7. The van der Waals surface area contributed by atoms with Crippen LogP contribution >= 0.6 is 0 Å². The highest BCUT2D eigenvalue weighted by atomic mass is 32.2. The van der Waals surface area contributed by atoms with Crippen LogP contribution in [0.3, 0.4) is 0 Å². The minimum atomic E-state index is -3.24. The van der Waals surface area contributed by atoms with Crippen molar-refractivity contribution in [1.82, 2.24) is 18.8 Å². The summed E-state index contributed by atoms with van der Waals surface area (Å²) in [7, 11) is -3.24. The van der Waals surface area contributed by atoms with Crippen LogP contribution < -0.4 is 10.9 Å². The van der Waals surface area contributed by atoms with E-state index in [9.17, 15) is 18.3 Å². The first-order valence-corrected chi connectivity index (χ1v) is 12.6. The smallest absolute Gasteiger partial charge is 0.252 e. The van der Waals surface area contributed by atoms with Gasteiger partial charge in [-0.15, -0.1) is 0 Å². The van der Waals surface area contributed by atoms with E-state index in [1.165, 1.54) is 16.6 Å². The Bertz CT molecular complexity index is 1160. The molecule has 2 aromatic rings. The zero-order chi connectivity index (χ0) is 22.6. The zero-order valence-corrected chi connectivity index (χ0v) is 19.3. The van der Waals surface area contributed by atoms with Gasteiger partial charge in [-0.05, 0) is 44.1 Å². The van der Waals surface area contributed by atoms with Crippen LogP contribution in [0.4, 0.5) is 5.95 Å². The highest BCUT2D eigenvalue weighted by molar-refractivity contribution is 7.88. The van der Waals surface area contributed by atoms with E-state index in [0.29, 0.717) is 37.5 Å². The molecule has 1 saturated carbocycles. The van der Waals surface area contributed by atoms with E-state index in [1.807, 2.05) is 13.8 Å². The van der Waals surface area contributed by atoms with Gasteiger partial charge in [0.2, 0.25) is 16.0 Å². The first kappa shape index (κ1) is 22.2. The maximum Gasteiger partial charge on any atom is 0.252 e. The zero-order valence-electron chi connectivity index (χ0n) is 18.5. The van der Waals surface area contributed by atoms with Crippen LogP contribution in [0.1, 0.15) is 52.5 Å². The normalized spacial score (nSPS) is 29.3. The predicted octanol–water partition coefficient (Wildman–Crippen LogP) is 1.74. The number of rotatable bonds is 4. The van der Waals surface area contributed by atoms with Crippen molar-refractivity contribution < 1.29 is 13.5 Å². The van der Waals surface area contributed by atoms with E-state index >= 15 is 0 Å². The molecule has 0 amide bonds. The Labute approximate surface area is 182 Å². The molecule has 9 nitrogen and oxygen atoms in total. The molecule has 2 aliphatic rings. The molecule has 0 spiro atoms. The lowest BCUT2D eigenvalue weighted by atomic mass is 9.80. The van der Waals surface area contributed by atoms with E-state index in [1.54, 1.807) is 23.8 Å². The van der Waals surface area contributed by atoms with Gasteiger partial charge in [-0.1, -0.05) is 13.8 Å². The first-order chi connectivity index (χ1) is 14.4. The summed E-state index contributed by atoms with van der Waals surface area (Å²) in [5.41, 5.74) is -0.975. The fourth-order valence-electron chi connectivity index (χ4n) is 4.96. The Morgan fingerprint density at radius 3 is 2.58 bits per heavy atom. The van der Waals surface area contributed by atoms with Crippen LogP contribution in [0.5, 0.6) is 0 Å². The van der Waals surface area contributed by atoms with Crippen molar-refractivity contribution in [3.8, 4) is 0 Å². The molecule has 4 rings (SSSR count). The fraction of sp³-hybridized carbons (Fsp3) is 0.667. The monoisotopic (exact) mass is 449 g/mol. The van der Waals surface area contributed by atoms with Crippen LogP contribution in [-0.4, -0.2) is 63.4 Å². The van der Waals surface area contributed by atoms with Gasteiger partial charge in [0, 0.05) is 36.8 Å². The summed E-state index contributed by atoms with van der Waals surface area (Å²) in [5.74, 6) is 0.398. The Kier molecular flexibility index (Phi) is 5.38. The van der Waals surface area contributed by atoms with Crippen molar-refractivity contribution in [2.24, 2.45) is 5.41 Å². The van der Waals surface area contributed by atoms with E-state index in [4.69, 9.17) is 0 Å². The van der Waals surface area contributed by atoms with Crippen molar-refractivity contribution in [2.45, 2.75) is 64.1 Å². The highest BCUT2D eigenvalue weighted by Crippen LogP contribution is 2.39. The van der Waals surface area contributed by atoms with Crippen molar-refractivity contribution in [2.75, 3.05) is 24.7 Å². The summed E-state index contributed by atoms with van der Waals surface area (Å²) in [5, 5.41) is 14.9. The number of anilines is 1. The fourth-order valence-corrected chi connectivity index (χ4v) is 5.97. The number of pyridine rings is 1. The summed E-state index contributed by atoms with van der Waals surface area (Å²) in [6, 6.07) is 2.84. The number of hydrogen-bond donors (Lipinski definition) is 2. The number of sulfonamides is 1. The lowest BCUT2D eigenvalue weighted by molar-refractivity contribution is 0.0267. The molecule has 0 bridgehead atoms. The van der Waals surface area contributed by atoms with Crippen LogP contribution in [0.15, 0.2) is 23.1 Å². The van der Waals surface area contributed by atoms with Crippen LogP contribution in [0.2, 0.25) is 0 Å². The molecule has 31 heavy (non-hydrogen) atoms. The Balaban J connectivity index is 1.67. The predicted molar refractivity (Wildman–Crippen MR) is 120 cm³/mol. The Morgan fingerprint density at radius 2 is 1.97 bits per heavy atom. The summed E-state index contributed by atoms with van der Waals surface area (Å²) >= 11 is 0. The molecule has 0 radical (unpaired) electrons. The van der Waals surface area contributed by atoms with Gasteiger partial charge >= 0.3 is 0 Å². The summed E-state index contributed by atoms with van der Waals surface area (Å²) in [6.07, 6.45) is 5.76. The van der Waals surface area contributed by atoms with Gasteiger partial charge in [-0.3, -0.25) is 9.36 Å². The molecule has 10 heteroatoms. The summed E-state index contributed by atoms with van der Waals surface area (Å²) in [6.45, 7) is 6.66. The maximum atomic E-state index is 12.8. The molecule has 2 aromatic heterocycles. The van der Waals surface area contributed by atoms with Crippen molar-refractivity contribution in [3.63, 3.8) is 0 Å². The lowest BCUT2D eigenvalue weighted by Gasteiger charge is -2.43. The minimum absolute atomic E-state index is 0.0265. The van der Waals surface area contributed by atoms with Gasteiger partial charge in [-0.2, -0.15) is 4.98 Å². The van der Waals surface area contributed by atoms with Crippen LogP contribution in [-0.2, 0) is 10.0 Å². The third-order valence-electron chi connectivity index (χ3n) is 6.82. The Morgan fingerprint density at radius 1 is 1.23 bits per heavy atom. The van der Waals surface area contributed by atoms with Crippen molar-refractivity contribution in [3.05, 3.63) is 28.7 Å². The molecule has 1 unspecified atom stereocenters. The third-order valence-corrected chi connectivity index (χ3v) is 8.07. The SMILES string of the molecule is CC1(C)CN(S(C)(=O)=O)CCC1Nc1ncc2ccc(=O)n([C@@H]3CCC[C@@]3(C)O)c2n1. The summed E-state index contributed by atoms with van der Waals surface area (Å²) < 4.78 is 27.0. The van der Waals surface area contributed by atoms with E-state index in [2.05, 4.69) is 15.3 Å². The molecule has 170 valence electrons. The quantitative estimate of drug-likeness (QED) is 0.730. The van der Waals surface area contributed by atoms with Gasteiger partial charge < -0.3 is 10.4 Å². The average Bonchev–Trinajstić information content (AvgIpc) is 3.01. The maximum absolute atomic E-state index is 12.8. The molecule has 1 saturated heterocycles. The molecule has 2 fully saturated rings. The molecular formula is C21H31N5O4S. The van der Waals surface area contributed by atoms with E-state index < -0.39 is 15.6 Å². The molecule has 0 aromatic carbocycles. The average molecular weight is 450 g/mol. The third kappa shape index (κ3) is 4.20. The van der Waals surface area contributed by atoms with Gasteiger partial charge in [0.1, 0.15) is 5.65 Å². The Hall–Kier alpha value is -2.04. The highest BCUT2D eigenvalue weighted by Gasteiger charge is 2.40. The molecule has 3 atom stereocenters. The number of piperidine rings is 1. The largest absolute Gasteiger partial charge is 0.388 e. The van der Waals surface area contributed by atoms with Crippen LogP contribution in [0, 0.1) is 5.41 Å². The number of nitrogens with zero attached hydrogens (tertiary/aromatic N) is 4. The van der Waals surface area contributed by atoms with Gasteiger partial charge in [0.15, 0.2) is 0 Å². The van der Waals surface area contributed by atoms with Crippen molar-refractivity contribution in [1.29, 1.82) is 0 Å². The van der Waals surface area contributed by atoms with E-state index in [-0.39, 0.29) is 23.1 Å². The van der Waals surface area contributed by atoms with E-state index in [0.717, 1.165) is 18.2 Å². The van der Waals surface area contributed by atoms with Gasteiger partial charge in [-0.25, -0.2) is 17.7 Å². The number of hydrogen-bond acceptors (Lipinski definition) is 7. The lowest BCUT2D eigenvalue weighted by Crippen LogP contribution is -2.53. The minimum Gasteiger partial charge on any atom is -0.388 e. The van der Waals surface area contributed by atoms with Gasteiger partial charge in [0.25, 0.3) is 5.56 Å². The second kappa shape index (κ2) is 7.53. The topological polar surface area (TPSA) is 117 Å². The number of fused-ring (bicyclic) bond motifs is 1. The second-order valence-corrected chi connectivity index (χ2v) is 11.8. The van der Waals surface area contributed by atoms with Crippen molar-refractivity contribution >= 4 is 27.0 Å². The van der Waals surface area contributed by atoms with Crippen LogP contribution in [0.25, 0.3) is 11.0 Å². The number of aromatic nitrogens is 3. The molecule has 3 heterocycles.